The van der Waals surface area contributed by atoms with Gasteiger partial charge in [-0.3, -0.25) is 10.1 Å². The van der Waals surface area contributed by atoms with Gasteiger partial charge in [0.05, 0.1) is 7.11 Å². The Morgan fingerprint density at radius 2 is 2.04 bits per heavy atom. The number of urea groups is 1. The van der Waals surface area contributed by atoms with Crippen LogP contribution in [0.2, 0.25) is 0 Å². The minimum absolute atomic E-state index is 0.282. The van der Waals surface area contributed by atoms with Crippen molar-refractivity contribution in [1.29, 1.82) is 5.26 Å². The molecule has 0 bridgehead atoms. The first kappa shape index (κ1) is 21.0. The first-order valence-corrected chi connectivity index (χ1v) is 8.91. The highest BCUT2D eigenvalue weighted by molar-refractivity contribution is 9.10. The highest BCUT2D eigenvalue weighted by atomic mass is 79.9. The Hall–Kier alpha value is -3.31. The fourth-order valence-corrected chi connectivity index (χ4v) is 2.82. The van der Waals surface area contributed by atoms with E-state index < -0.39 is 11.9 Å². The Kier molecular flexibility index (Phi) is 7.18. The SMILES string of the molecule is COc1cc(/C=C(/C#N)C(=O)NC(N)=O)c(Br)cc1OCc1cccc(C)c1. The lowest BCUT2D eigenvalue weighted by Gasteiger charge is -2.13. The largest absolute Gasteiger partial charge is 0.493 e. The fourth-order valence-electron chi connectivity index (χ4n) is 2.38. The van der Waals surface area contributed by atoms with E-state index in [2.05, 4.69) is 15.9 Å². The number of imide groups is 1. The van der Waals surface area contributed by atoms with Crippen LogP contribution in [0.3, 0.4) is 0 Å². The summed E-state index contributed by atoms with van der Waals surface area (Å²) in [5.41, 5.74) is 7.27. The van der Waals surface area contributed by atoms with E-state index in [-0.39, 0.29) is 5.57 Å². The monoisotopic (exact) mass is 443 g/mol. The number of primary amides is 1. The lowest BCUT2D eigenvalue weighted by atomic mass is 10.1. The maximum absolute atomic E-state index is 11.8. The topological polar surface area (TPSA) is 114 Å². The maximum atomic E-state index is 11.8. The number of halogens is 1. The van der Waals surface area contributed by atoms with Gasteiger partial charge < -0.3 is 15.2 Å². The number of rotatable bonds is 6. The number of amides is 3. The molecule has 0 aliphatic rings. The number of hydrogen-bond donors (Lipinski definition) is 2. The summed E-state index contributed by atoms with van der Waals surface area (Å²) in [5.74, 6) is 0.0310. The zero-order valence-electron chi connectivity index (χ0n) is 15.3. The van der Waals surface area contributed by atoms with E-state index in [0.29, 0.717) is 28.1 Å². The summed E-state index contributed by atoms with van der Waals surface area (Å²) in [5, 5.41) is 11.0. The number of nitrogens with zero attached hydrogens (tertiary/aromatic N) is 1. The summed E-state index contributed by atoms with van der Waals surface area (Å²) in [6.07, 6.45) is 1.31. The Labute approximate surface area is 170 Å². The van der Waals surface area contributed by atoms with E-state index in [0.717, 1.165) is 11.1 Å². The van der Waals surface area contributed by atoms with Crippen LogP contribution in [0.15, 0.2) is 46.4 Å². The molecule has 0 heterocycles. The minimum atomic E-state index is -1.04. The second kappa shape index (κ2) is 9.58. The number of nitriles is 1. The molecule has 0 unspecified atom stereocenters. The molecule has 0 fully saturated rings. The molecule has 0 aromatic heterocycles. The van der Waals surface area contributed by atoms with E-state index in [1.165, 1.54) is 13.2 Å². The molecule has 2 aromatic rings. The number of methoxy groups -OCH3 is 1. The van der Waals surface area contributed by atoms with Gasteiger partial charge in [-0.05, 0) is 36.3 Å². The third kappa shape index (κ3) is 5.59. The highest BCUT2D eigenvalue weighted by Gasteiger charge is 2.14. The standard InChI is InChI=1S/C20H18BrN3O4/c1-12-4-3-5-13(6-12)11-28-18-9-16(21)14(8-17(18)27-2)7-15(10-22)19(25)24-20(23)26/h3-9H,11H2,1-2H3,(H3,23,24,25,26)/b15-7-. The van der Waals surface area contributed by atoms with E-state index in [1.54, 1.807) is 18.2 Å². The maximum Gasteiger partial charge on any atom is 0.319 e. The number of ether oxygens (including phenoxy) is 2. The summed E-state index contributed by atoms with van der Waals surface area (Å²) in [6, 6.07) is 11.9. The van der Waals surface area contributed by atoms with Crippen molar-refractivity contribution in [3.8, 4) is 17.6 Å². The van der Waals surface area contributed by atoms with Crippen molar-refractivity contribution in [1.82, 2.24) is 5.32 Å². The molecule has 2 rings (SSSR count). The summed E-state index contributed by atoms with van der Waals surface area (Å²) < 4.78 is 11.8. The number of benzene rings is 2. The predicted octanol–water partition coefficient (Wildman–Crippen LogP) is 3.45. The molecule has 0 aliphatic heterocycles. The molecule has 144 valence electrons. The lowest BCUT2D eigenvalue weighted by Crippen LogP contribution is -2.35. The summed E-state index contributed by atoms with van der Waals surface area (Å²) in [6.45, 7) is 2.35. The third-order valence-electron chi connectivity index (χ3n) is 3.66. The van der Waals surface area contributed by atoms with E-state index in [1.807, 2.05) is 36.5 Å². The number of nitrogens with two attached hydrogens (primary N) is 1. The molecule has 3 N–H and O–H groups in total. The quantitative estimate of drug-likeness (QED) is 0.523. The first-order valence-electron chi connectivity index (χ1n) is 8.12. The second-order valence-corrected chi connectivity index (χ2v) is 6.64. The number of nitrogens with one attached hydrogen (secondary N) is 1. The first-order chi connectivity index (χ1) is 13.3. The molecule has 0 aliphatic carbocycles. The molecule has 8 heteroatoms. The predicted molar refractivity (Wildman–Crippen MR) is 108 cm³/mol. The van der Waals surface area contributed by atoms with Crippen molar-refractivity contribution in [2.45, 2.75) is 13.5 Å². The molecular weight excluding hydrogens is 426 g/mol. The van der Waals surface area contributed by atoms with Gasteiger partial charge >= 0.3 is 6.03 Å². The Morgan fingerprint density at radius 3 is 2.64 bits per heavy atom. The van der Waals surface area contributed by atoms with Gasteiger partial charge in [0.15, 0.2) is 11.5 Å². The molecule has 0 atom stereocenters. The average molecular weight is 444 g/mol. The van der Waals surface area contributed by atoms with Crippen LogP contribution in [0.4, 0.5) is 4.79 Å². The van der Waals surface area contributed by atoms with Gasteiger partial charge in [0, 0.05) is 4.47 Å². The molecule has 3 amide bonds. The third-order valence-corrected chi connectivity index (χ3v) is 4.35. The molecule has 2 aromatic carbocycles. The molecule has 7 nitrogen and oxygen atoms in total. The van der Waals surface area contributed by atoms with Gasteiger partial charge in [-0.1, -0.05) is 45.8 Å². The van der Waals surface area contributed by atoms with Crippen LogP contribution < -0.4 is 20.5 Å². The Balaban J connectivity index is 2.29. The van der Waals surface area contributed by atoms with Gasteiger partial charge in [-0.2, -0.15) is 5.26 Å². The normalized spacial score (nSPS) is 10.7. The van der Waals surface area contributed by atoms with Gasteiger partial charge in [-0.15, -0.1) is 0 Å². The van der Waals surface area contributed by atoms with E-state index in [9.17, 15) is 14.9 Å². The van der Waals surface area contributed by atoms with Gasteiger partial charge in [0.1, 0.15) is 18.2 Å². The average Bonchev–Trinajstić information content (AvgIpc) is 2.64. The zero-order valence-corrected chi connectivity index (χ0v) is 16.9. The van der Waals surface area contributed by atoms with E-state index in [4.69, 9.17) is 15.2 Å². The van der Waals surface area contributed by atoms with Crippen molar-refractivity contribution in [2.24, 2.45) is 5.73 Å². The van der Waals surface area contributed by atoms with Crippen LogP contribution in [0, 0.1) is 18.3 Å². The van der Waals surface area contributed by atoms with Gasteiger partial charge in [0.25, 0.3) is 5.91 Å². The van der Waals surface area contributed by atoms with Gasteiger partial charge in [0.2, 0.25) is 0 Å². The lowest BCUT2D eigenvalue weighted by molar-refractivity contribution is -0.115. The molecule has 0 spiro atoms. The zero-order chi connectivity index (χ0) is 20.7. The Morgan fingerprint density at radius 1 is 1.29 bits per heavy atom. The van der Waals surface area contributed by atoms with Crippen molar-refractivity contribution in [2.75, 3.05) is 7.11 Å². The van der Waals surface area contributed by atoms with Crippen molar-refractivity contribution < 1.29 is 19.1 Å². The number of carbonyl (C=O) groups excluding carboxylic acids is 2. The van der Waals surface area contributed by atoms with Crippen molar-refractivity contribution in [3.05, 3.63) is 63.1 Å². The Bertz CT molecular complexity index is 980. The van der Waals surface area contributed by atoms with Crippen LogP contribution in [-0.2, 0) is 11.4 Å². The summed E-state index contributed by atoms with van der Waals surface area (Å²) in [4.78, 5) is 22.6. The molecule has 28 heavy (non-hydrogen) atoms. The number of carbonyl (C=O) groups is 2. The summed E-state index contributed by atoms with van der Waals surface area (Å²) >= 11 is 3.39. The summed E-state index contributed by atoms with van der Waals surface area (Å²) in [7, 11) is 1.49. The van der Waals surface area contributed by atoms with Crippen LogP contribution >= 0.6 is 15.9 Å². The van der Waals surface area contributed by atoms with Gasteiger partial charge in [-0.25, -0.2) is 4.79 Å². The van der Waals surface area contributed by atoms with Crippen molar-refractivity contribution in [3.63, 3.8) is 0 Å². The molecular formula is C20H18BrN3O4. The number of hydrogen-bond acceptors (Lipinski definition) is 5. The van der Waals surface area contributed by atoms with Crippen LogP contribution in [0.1, 0.15) is 16.7 Å². The van der Waals surface area contributed by atoms with Crippen LogP contribution in [-0.4, -0.2) is 19.0 Å². The molecule has 0 radical (unpaired) electrons. The highest BCUT2D eigenvalue weighted by Crippen LogP contribution is 2.35. The minimum Gasteiger partial charge on any atom is -0.493 e. The fraction of sp³-hybridized carbons (Fsp3) is 0.150. The van der Waals surface area contributed by atoms with Crippen LogP contribution in [0.25, 0.3) is 6.08 Å². The van der Waals surface area contributed by atoms with E-state index >= 15 is 0 Å². The molecule has 0 saturated carbocycles. The van der Waals surface area contributed by atoms with Crippen LogP contribution in [0.5, 0.6) is 11.5 Å². The van der Waals surface area contributed by atoms with Crippen molar-refractivity contribution >= 4 is 33.9 Å². The second-order valence-electron chi connectivity index (χ2n) is 5.79. The molecule has 0 saturated heterocycles. The smallest absolute Gasteiger partial charge is 0.319 e. The number of aryl methyl sites for hydroxylation is 1.